The molecule has 0 amide bonds. The van der Waals surface area contributed by atoms with Crippen molar-refractivity contribution in [1.29, 1.82) is 5.26 Å². The monoisotopic (exact) mass is 573 g/mol. The molecule has 7 rings (SSSR count). The van der Waals surface area contributed by atoms with Crippen LogP contribution in [0.1, 0.15) is 58.2 Å². The van der Waals surface area contributed by atoms with Crippen LogP contribution >= 0.6 is 11.3 Å². The van der Waals surface area contributed by atoms with E-state index in [1.807, 2.05) is 18.2 Å². The summed E-state index contributed by atoms with van der Waals surface area (Å²) in [6.07, 6.45) is 4.28. The molecule has 3 aromatic heterocycles. The average Bonchev–Trinajstić information content (AvgIpc) is 3.30. The highest BCUT2D eigenvalue weighted by Gasteiger charge is 2.57. The van der Waals surface area contributed by atoms with E-state index in [9.17, 15) is 14.3 Å². The van der Waals surface area contributed by atoms with Crippen molar-refractivity contribution in [3.8, 4) is 11.9 Å². The van der Waals surface area contributed by atoms with Gasteiger partial charge in [-0.05, 0) is 55.4 Å². The lowest BCUT2D eigenvalue weighted by Gasteiger charge is -2.34. The second-order valence-electron chi connectivity index (χ2n) is 11.1. The Morgan fingerprint density at radius 3 is 2.78 bits per heavy atom. The number of imidazole rings is 1. The molecule has 2 atom stereocenters. The highest BCUT2D eigenvalue weighted by Crippen LogP contribution is 2.65. The topological polar surface area (TPSA) is 114 Å². The molecular formula is C30H28FN5O4S. The standard InChI is InChI=1S/C30H28FN5O4S/c31-22-12-18(15-32)4-5-19(22)17-40-26-3-1-2-25(33-26)35-9-7-30(8-10-35)14-21(30)27-34-28-23(13-24(41-28)29(37)38)36(27)16-20-6-11-39-20/h1-5,12-13,20-21H,6-11,14,16-17H2,(H,37,38). The van der Waals surface area contributed by atoms with Crippen LogP contribution in [0.4, 0.5) is 10.2 Å². The Balaban J connectivity index is 1.02. The van der Waals surface area contributed by atoms with Gasteiger partial charge in [-0.25, -0.2) is 14.2 Å². The molecule has 3 aliphatic rings. The van der Waals surface area contributed by atoms with E-state index >= 15 is 0 Å². The third-order valence-corrected chi connectivity index (χ3v) is 9.72. The van der Waals surface area contributed by atoms with Crippen LogP contribution in [0.25, 0.3) is 10.3 Å². The van der Waals surface area contributed by atoms with Crippen LogP contribution in [-0.4, -0.2) is 51.4 Å². The summed E-state index contributed by atoms with van der Waals surface area (Å²) in [5.74, 6) is 1.29. The number of rotatable bonds is 8. The zero-order valence-corrected chi connectivity index (χ0v) is 23.1. The van der Waals surface area contributed by atoms with Crippen molar-refractivity contribution in [2.45, 2.75) is 50.9 Å². The summed E-state index contributed by atoms with van der Waals surface area (Å²) >= 11 is 1.24. The summed E-state index contributed by atoms with van der Waals surface area (Å²) in [6.45, 7) is 3.24. The van der Waals surface area contributed by atoms with Gasteiger partial charge in [0.25, 0.3) is 0 Å². The number of anilines is 1. The van der Waals surface area contributed by atoms with Gasteiger partial charge in [0, 0.05) is 37.2 Å². The van der Waals surface area contributed by atoms with Crippen molar-refractivity contribution in [2.24, 2.45) is 5.41 Å². The predicted octanol–water partition coefficient (Wildman–Crippen LogP) is 5.34. The molecule has 1 N–H and O–H groups in total. The van der Waals surface area contributed by atoms with E-state index in [1.165, 1.54) is 17.4 Å². The van der Waals surface area contributed by atoms with Crippen molar-refractivity contribution in [1.82, 2.24) is 14.5 Å². The summed E-state index contributed by atoms with van der Waals surface area (Å²) < 4.78 is 28.0. The quantitative estimate of drug-likeness (QED) is 0.300. The Labute approximate surface area is 239 Å². The van der Waals surface area contributed by atoms with Crippen LogP contribution in [0.2, 0.25) is 0 Å². The van der Waals surface area contributed by atoms with Gasteiger partial charge in [0.15, 0.2) is 0 Å². The van der Waals surface area contributed by atoms with Crippen LogP contribution in [0.15, 0.2) is 42.5 Å². The number of hydrogen-bond donors (Lipinski definition) is 1. The molecule has 5 heterocycles. The van der Waals surface area contributed by atoms with E-state index in [2.05, 4.69) is 14.5 Å². The maximum atomic E-state index is 14.2. The molecule has 1 saturated carbocycles. The fraction of sp³-hybridized carbons (Fsp3) is 0.400. The van der Waals surface area contributed by atoms with Gasteiger partial charge in [0.05, 0.1) is 29.8 Å². The SMILES string of the molecule is N#Cc1ccc(COc2cccc(N3CCC4(CC3)CC4c3nc4sc(C(=O)O)cc4n3CC3CCO3)n2)c(F)c1. The Morgan fingerprint density at radius 1 is 1.24 bits per heavy atom. The normalized spacial score (nSPS) is 21.0. The summed E-state index contributed by atoms with van der Waals surface area (Å²) in [5.41, 5.74) is 1.74. The van der Waals surface area contributed by atoms with Gasteiger partial charge in [-0.2, -0.15) is 10.2 Å². The molecule has 1 aromatic carbocycles. The number of nitriles is 1. The zero-order valence-electron chi connectivity index (χ0n) is 22.3. The lowest BCUT2D eigenvalue weighted by Crippen LogP contribution is -2.36. The predicted molar refractivity (Wildman–Crippen MR) is 150 cm³/mol. The molecule has 2 saturated heterocycles. The van der Waals surface area contributed by atoms with E-state index in [1.54, 1.807) is 24.3 Å². The second-order valence-corrected chi connectivity index (χ2v) is 12.1. The van der Waals surface area contributed by atoms with E-state index in [0.717, 1.165) is 67.4 Å². The fourth-order valence-electron chi connectivity index (χ4n) is 6.12. The van der Waals surface area contributed by atoms with Gasteiger partial charge in [0.1, 0.15) is 33.8 Å². The molecule has 11 heteroatoms. The second kappa shape index (κ2) is 10.1. The summed E-state index contributed by atoms with van der Waals surface area (Å²) in [7, 11) is 0. The molecule has 41 heavy (non-hydrogen) atoms. The number of carboxylic acid groups (broad SMARTS) is 1. The van der Waals surface area contributed by atoms with E-state index in [4.69, 9.17) is 19.7 Å². The minimum absolute atomic E-state index is 0.0305. The van der Waals surface area contributed by atoms with E-state index in [-0.39, 0.29) is 23.7 Å². The molecule has 9 nitrogen and oxygen atoms in total. The number of benzene rings is 1. The summed E-state index contributed by atoms with van der Waals surface area (Å²) in [4.78, 5) is 24.6. The van der Waals surface area contributed by atoms with Crippen LogP contribution < -0.4 is 9.64 Å². The molecule has 0 radical (unpaired) electrons. The lowest BCUT2D eigenvalue weighted by atomic mass is 9.90. The van der Waals surface area contributed by atoms with Gasteiger partial charge >= 0.3 is 5.97 Å². The van der Waals surface area contributed by atoms with Crippen molar-refractivity contribution in [3.63, 3.8) is 0 Å². The van der Waals surface area contributed by atoms with Crippen LogP contribution in [0.5, 0.6) is 5.88 Å². The minimum Gasteiger partial charge on any atom is -0.477 e. The molecule has 4 aromatic rings. The number of halogens is 1. The van der Waals surface area contributed by atoms with Gasteiger partial charge in [-0.3, -0.25) is 0 Å². The highest BCUT2D eigenvalue weighted by atomic mass is 32.1. The summed E-state index contributed by atoms with van der Waals surface area (Å²) in [6, 6.07) is 13.7. The largest absolute Gasteiger partial charge is 0.477 e. The number of pyridine rings is 1. The maximum absolute atomic E-state index is 14.2. The first kappa shape index (κ1) is 25.9. The number of carbonyl (C=O) groups is 1. The third-order valence-electron chi connectivity index (χ3n) is 8.72. The first-order valence-corrected chi connectivity index (χ1v) is 14.6. The van der Waals surface area contributed by atoms with Crippen molar-refractivity contribution >= 4 is 33.5 Å². The van der Waals surface area contributed by atoms with E-state index in [0.29, 0.717) is 28.8 Å². The van der Waals surface area contributed by atoms with Gasteiger partial charge in [-0.15, -0.1) is 11.3 Å². The Morgan fingerprint density at radius 2 is 2.07 bits per heavy atom. The first-order valence-electron chi connectivity index (χ1n) is 13.8. The molecule has 1 aliphatic carbocycles. The van der Waals surface area contributed by atoms with Crippen molar-refractivity contribution in [2.75, 3.05) is 24.6 Å². The molecule has 2 unspecified atom stereocenters. The number of nitrogens with zero attached hydrogens (tertiary/aromatic N) is 5. The van der Waals surface area contributed by atoms with Crippen LogP contribution in [0.3, 0.4) is 0 Å². The van der Waals surface area contributed by atoms with Crippen molar-refractivity contribution < 1.29 is 23.8 Å². The number of ether oxygens (including phenoxy) is 2. The smallest absolute Gasteiger partial charge is 0.346 e. The number of thiophene rings is 1. The van der Waals surface area contributed by atoms with Gasteiger partial charge in [0.2, 0.25) is 5.88 Å². The maximum Gasteiger partial charge on any atom is 0.346 e. The average molecular weight is 574 g/mol. The molecule has 2 aliphatic heterocycles. The number of aromatic carboxylic acids is 1. The lowest BCUT2D eigenvalue weighted by molar-refractivity contribution is -0.0590. The van der Waals surface area contributed by atoms with Gasteiger partial charge in [-0.1, -0.05) is 12.1 Å². The Bertz CT molecular complexity index is 1680. The highest BCUT2D eigenvalue weighted by molar-refractivity contribution is 7.20. The number of aromatic nitrogens is 3. The molecule has 3 fully saturated rings. The molecule has 210 valence electrons. The number of piperidine rings is 1. The van der Waals surface area contributed by atoms with Crippen LogP contribution in [0, 0.1) is 22.6 Å². The molecular weight excluding hydrogens is 545 g/mol. The van der Waals surface area contributed by atoms with E-state index < -0.39 is 11.8 Å². The third kappa shape index (κ3) is 4.81. The van der Waals surface area contributed by atoms with Gasteiger partial charge < -0.3 is 24.0 Å². The number of fused-ring (bicyclic) bond motifs is 1. The molecule has 0 bridgehead atoms. The summed E-state index contributed by atoms with van der Waals surface area (Å²) in [5, 5.41) is 18.4. The number of hydrogen-bond acceptors (Lipinski definition) is 8. The minimum atomic E-state index is -0.916. The Kier molecular flexibility index (Phi) is 6.40. The first-order chi connectivity index (χ1) is 19.9. The zero-order chi connectivity index (χ0) is 28.1. The fourth-order valence-corrected chi connectivity index (χ4v) is 7.00. The van der Waals surface area contributed by atoms with Crippen molar-refractivity contribution in [3.05, 3.63) is 70.1 Å². The Hall–Kier alpha value is -4.01. The number of carboxylic acids is 1. The van der Waals surface area contributed by atoms with Crippen LogP contribution in [-0.2, 0) is 17.9 Å². The molecule has 1 spiro atoms.